The van der Waals surface area contributed by atoms with Crippen molar-refractivity contribution in [1.82, 2.24) is 29.1 Å². The van der Waals surface area contributed by atoms with Gasteiger partial charge in [-0.2, -0.15) is 0 Å². The summed E-state index contributed by atoms with van der Waals surface area (Å²) in [6, 6.07) is 29.1. The normalized spacial score (nSPS) is 11.6. The molecule has 2 unspecified atom stereocenters. The molecule has 0 bridgehead atoms. The summed E-state index contributed by atoms with van der Waals surface area (Å²) in [6.45, 7) is 12.3. The van der Waals surface area contributed by atoms with Crippen molar-refractivity contribution >= 4 is 0 Å². The largest absolute Gasteiger partial charge is 0.327 e. The van der Waals surface area contributed by atoms with E-state index in [0.29, 0.717) is 0 Å². The maximum absolute atomic E-state index is 4.57. The summed E-state index contributed by atoms with van der Waals surface area (Å²) in [5.74, 6) is 14.7. The lowest BCUT2D eigenvalue weighted by Crippen LogP contribution is -2.10. The predicted octanol–water partition coefficient (Wildman–Crippen LogP) is 7.81. The molecule has 0 fully saturated rings. The molecule has 4 heterocycles. The van der Waals surface area contributed by atoms with Crippen LogP contribution in [-0.2, 0) is 0 Å². The van der Waals surface area contributed by atoms with Crippen LogP contribution in [0, 0.1) is 51.4 Å². The number of aromatic nitrogens is 6. The van der Waals surface area contributed by atoms with Crippen molar-refractivity contribution in [3.8, 4) is 23.7 Å². The van der Waals surface area contributed by atoms with Gasteiger partial charge in [-0.3, -0.25) is 9.97 Å². The average molecular weight is 603 g/mol. The molecule has 0 aliphatic carbocycles. The van der Waals surface area contributed by atoms with Gasteiger partial charge in [-0.1, -0.05) is 72.5 Å². The van der Waals surface area contributed by atoms with Crippen LogP contribution in [-0.4, -0.2) is 29.1 Å². The number of nitrogens with zero attached hydrogens (tertiary/aromatic N) is 6. The highest BCUT2D eigenvalue weighted by Gasteiger charge is 2.14. The summed E-state index contributed by atoms with van der Waals surface area (Å²) in [5.41, 5.74) is 8.09. The predicted molar refractivity (Wildman–Crippen MR) is 184 cm³/mol. The molecule has 0 saturated carbocycles. The molecule has 0 N–H and O–H groups in total. The fourth-order valence-corrected chi connectivity index (χ4v) is 5.26. The van der Waals surface area contributed by atoms with Crippen LogP contribution in [0.4, 0.5) is 0 Å². The van der Waals surface area contributed by atoms with Crippen LogP contribution >= 0.6 is 0 Å². The molecule has 4 aromatic heterocycles. The zero-order valence-electron chi connectivity index (χ0n) is 27.2. The van der Waals surface area contributed by atoms with Crippen LogP contribution < -0.4 is 0 Å². The lowest BCUT2D eigenvalue weighted by Gasteiger charge is -2.17. The van der Waals surface area contributed by atoms with Crippen molar-refractivity contribution in [2.45, 2.75) is 53.6 Å². The molecule has 6 nitrogen and oxygen atoms in total. The highest BCUT2D eigenvalue weighted by molar-refractivity contribution is 5.42. The minimum Gasteiger partial charge on any atom is -0.327 e. The second-order valence-corrected chi connectivity index (χ2v) is 11.2. The molecule has 2 atom stereocenters. The number of pyridine rings is 2. The van der Waals surface area contributed by atoms with Gasteiger partial charge in [0.2, 0.25) is 0 Å². The summed E-state index contributed by atoms with van der Waals surface area (Å²) in [4.78, 5) is 17.4. The molecule has 6 aromatic rings. The third kappa shape index (κ3) is 8.05. The Morgan fingerprint density at radius 3 is 1.70 bits per heavy atom. The van der Waals surface area contributed by atoms with Gasteiger partial charge in [0.25, 0.3) is 0 Å². The molecule has 0 aliphatic heterocycles. The van der Waals surface area contributed by atoms with E-state index in [-0.39, 0.29) is 12.1 Å². The lowest BCUT2D eigenvalue weighted by molar-refractivity contribution is 0.613. The van der Waals surface area contributed by atoms with Gasteiger partial charge in [0.15, 0.2) is 0 Å². The van der Waals surface area contributed by atoms with E-state index in [9.17, 15) is 0 Å². The van der Waals surface area contributed by atoms with Crippen LogP contribution in [0.1, 0.15) is 82.6 Å². The van der Waals surface area contributed by atoms with Gasteiger partial charge < -0.3 is 9.13 Å². The van der Waals surface area contributed by atoms with Gasteiger partial charge >= 0.3 is 0 Å². The zero-order valence-corrected chi connectivity index (χ0v) is 27.2. The van der Waals surface area contributed by atoms with E-state index in [0.717, 1.165) is 45.6 Å². The molecular formula is C40H38N6. The van der Waals surface area contributed by atoms with Crippen molar-refractivity contribution in [3.05, 3.63) is 166 Å². The summed E-state index contributed by atoms with van der Waals surface area (Å²) < 4.78 is 4.34. The highest BCUT2D eigenvalue weighted by Crippen LogP contribution is 2.22. The fourth-order valence-electron chi connectivity index (χ4n) is 5.26. The smallest absolute Gasteiger partial charge is 0.131 e. The lowest BCUT2D eigenvalue weighted by atomic mass is 10.1. The summed E-state index contributed by atoms with van der Waals surface area (Å²) >= 11 is 0. The molecule has 0 amide bonds. The maximum Gasteiger partial charge on any atom is 0.131 e. The Kier molecular flexibility index (Phi) is 10.2. The van der Waals surface area contributed by atoms with Crippen LogP contribution in [0.3, 0.4) is 0 Å². The zero-order chi connectivity index (χ0) is 32.5. The molecular weight excluding hydrogens is 564 g/mol. The second-order valence-electron chi connectivity index (χ2n) is 11.2. The van der Waals surface area contributed by atoms with Crippen LogP contribution in [0.2, 0.25) is 0 Å². The van der Waals surface area contributed by atoms with E-state index < -0.39 is 0 Å². The minimum absolute atomic E-state index is 0.196. The second kappa shape index (κ2) is 14.8. The molecule has 46 heavy (non-hydrogen) atoms. The number of hydrogen-bond donors (Lipinski definition) is 0. The van der Waals surface area contributed by atoms with Gasteiger partial charge in [0, 0.05) is 41.1 Å². The Morgan fingerprint density at radius 1 is 0.587 bits per heavy atom. The number of hydrogen-bond acceptors (Lipinski definition) is 4. The highest BCUT2D eigenvalue weighted by atomic mass is 15.1. The Morgan fingerprint density at radius 2 is 1.13 bits per heavy atom. The number of imidazole rings is 2. The Bertz CT molecular complexity index is 2030. The summed E-state index contributed by atoms with van der Waals surface area (Å²) in [6.07, 6.45) is 7.43. The van der Waals surface area contributed by atoms with E-state index >= 15 is 0 Å². The van der Waals surface area contributed by atoms with Gasteiger partial charge in [0.1, 0.15) is 23.0 Å². The van der Waals surface area contributed by atoms with Crippen LogP contribution in [0.5, 0.6) is 0 Å². The third-order valence-corrected chi connectivity index (χ3v) is 7.73. The quantitative estimate of drug-likeness (QED) is 0.193. The maximum atomic E-state index is 4.57. The van der Waals surface area contributed by atoms with Gasteiger partial charge in [-0.25, -0.2) is 9.97 Å². The number of rotatable bonds is 4. The van der Waals surface area contributed by atoms with Gasteiger partial charge in [-0.05, 0) is 88.8 Å². The summed E-state index contributed by atoms with van der Waals surface area (Å²) in [7, 11) is 0. The Balaban J connectivity index is 0.000000181. The first-order valence-corrected chi connectivity index (χ1v) is 15.4. The first-order valence-electron chi connectivity index (χ1n) is 15.4. The molecule has 6 rings (SSSR count). The monoisotopic (exact) mass is 602 g/mol. The molecule has 228 valence electrons. The van der Waals surface area contributed by atoms with E-state index in [4.69, 9.17) is 0 Å². The van der Waals surface area contributed by atoms with Crippen LogP contribution in [0.15, 0.2) is 110 Å². The van der Waals surface area contributed by atoms with Crippen molar-refractivity contribution in [3.63, 3.8) is 0 Å². The SMILES string of the molecule is Cc1cc(C#Cc2cn(C(C)c3ccccc3)c(C)n2)ccn1.Cc1cc(C#Cc2cnc(C)n2C(C)c2ccccc2)ccn1. The minimum atomic E-state index is 0.196. The summed E-state index contributed by atoms with van der Waals surface area (Å²) in [5, 5.41) is 0. The first kappa shape index (κ1) is 31.7. The number of benzene rings is 2. The molecule has 0 aliphatic rings. The van der Waals surface area contributed by atoms with Crippen LogP contribution in [0.25, 0.3) is 0 Å². The van der Waals surface area contributed by atoms with Crippen molar-refractivity contribution in [2.24, 2.45) is 0 Å². The molecule has 2 aromatic carbocycles. The number of aryl methyl sites for hydroxylation is 4. The standard InChI is InChI=1S/2C20H19N3/c1-15-13-18(11-12-21-15)9-10-20-14-23(17(3)22-20)16(2)19-7-5-4-6-8-19;1-15-13-18(11-12-21-15)9-10-20-14-22-17(3)23(20)16(2)19-7-5-4-6-8-19/h2*4-8,11-14,16H,1-3H3. The average Bonchev–Trinajstić information content (AvgIpc) is 3.64. The van der Waals surface area contributed by atoms with Gasteiger partial charge in [-0.15, -0.1) is 0 Å². The molecule has 0 radical (unpaired) electrons. The Hall–Kier alpha value is -5.72. The fraction of sp³-hybridized carbons (Fsp3) is 0.200. The van der Waals surface area contributed by atoms with Crippen molar-refractivity contribution < 1.29 is 0 Å². The van der Waals surface area contributed by atoms with E-state index in [2.05, 4.69) is 115 Å². The molecule has 0 saturated heterocycles. The van der Waals surface area contributed by atoms with E-state index in [1.807, 2.05) is 76.5 Å². The van der Waals surface area contributed by atoms with E-state index in [1.165, 1.54) is 11.1 Å². The van der Waals surface area contributed by atoms with Gasteiger partial charge in [0.05, 0.1) is 18.3 Å². The molecule has 6 heteroatoms. The third-order valence-electron chi connectivity index (χ3n) is 7.73. The molecule has 0 spiro atoms. The topological polar surface area (TPSA) is 61.4 Å². The van der Waals surface area contributed by atoms with Crippen molar-refractivity contribution in [1.29, 1.82) is 0 Å². The first-order chi connectivity index (χ1) is 22.3. The van der Waals surface area contributed by atoms with Crippen molar-refractivity contribution in [2.75, 3.05) is 0 Å². The van der Waals surface area contributed by atoms with E-state index in [1.54, 1.807) is 12.4 Å². The Labute approximate surface area is 272 Å².